The second-order valence-electron chi connectivity index (χ2n) is 7.10. The first-order chi connectivity index (χ1) is 13.6. The molecule has 2 aliphatic heterocycles. The molecule has 140 valence electrons. The molecule has 5 nitrogen and oxygen atoms in total. The SMILES string of the molecule is CN1C(=O)C2(CC(c3ccccc3)Oc3ccc(-c4cccs4)cc32)N=C1N. The standard InChI is InChI=1S/C22H19N3O2S/c1-25-20(26)22(24-21(25)23)13-18(14-6-3-2-4-7-14)27-17-10-9-15(12-16(17)22)19-8-5-11-28-19/h2-12,18H,13H2,1H3,(H2,23,24). The first-order valence-electron chi connectivity index (χ1n) is 9.12. The number of hydrogen-bond donors (Lipinski definition) is 1. The van der Waals surface area contributed by atoms with E-state index in [4.69, 9.17) is 10.5 Å². The number of amides is 1. The fourth-order valence-electron chi connectivity index (χ4n) is 3.99. The van der Waals surface area contributed by atoms with Gasteiger partial charge in [-0.1, -0.05) is 36.4 Å². The number of benzene rings is 2. The number of hydrogen-bond acceptors (Lipinski definition) is 5. The molecule has 0 saturated carbocycles. The molecule has 2 N–H and O–H groups in total. The Morgan fingerprint density at radius 2 is 2.00 bits per heavy atom. The summed E-state index contributed by atoms with van der Waals surface area (Å²) in [6, 6.07) is 20.0. The Morgan fingerprint density at radius 3 is 2.68 bits per heavy atom. The van der Waals surface area contributed by atoms with Crippen LogP contribution in [0.1, 0.15) is 23.7 Å². The molecule has 0 saturated heterocycles. The molecular formula is C22H19N3O2S. The Kier molecular flexibility index (Phi) is 3.77. The molecule has 28 heavy (non-hydrogen) atoms. The summed E-state index contributed by atoms with van der Waals surface area (Å²) in [4.78, 5) is 20.6. The Balaban J connectivity index is 1.69. The van der Waals surface area contributed by atoms with Crippen molar-refractivity contribution in [1.29, 1.82) is 0 Å². The molecule has 2 aromatic carbocycles. The number of nitrogens with two attached hydrogens (primary N) is 1. The number of rotatable bonds is 2. The van der Waals surface area contributed by atoms with Crippen molar-refractivity contribution >= 4 is 23.2 Å². The van der Waals surface area contributed by atoms with Gasteiger partial charge in [0.25, 0.3) is 5.91 Å². The van der Waals surface area contributed by atoms with Crippen LogP contribution in [0.2, 0.25) is 0 Å². The predicted molar refractivity (Wildman–Crippen MR) is 110 cm³/mol. The maximum absolute atomic E-state index is 13.3. The van der Waals surface area contributed by atoms with Crippen LogP contribution >= 0.6 is 11.3 Å². The van der Waals surface area contributed by atoms with Crippen molar-refractivity contribution < 1.29 is 9.53 Å². The van der Waals surface area contributed by atoms with E-state index in [1.807, 2.05) is 60.0 Å². The third-order valence-corrected chi connectivity index (χ3v) is 6.38. The molecule has 1 aromatic heterocycles. The number of fused-ring (bicyclic) bond motifs is 2. The first kappa shape index (κ1) is 17.0. The minimum absolute atomic E-state index is 0.112. The normalized spacial score (nSPS) is 23.5. The average Bonchev–Trinajstić information content (AvgIpc) is 3.33. The monoisotopic (exact) mass is 389 g/mol. The lowest BCUT2D eigenvalue weighted by Gasteiger charge is -2.37. The van der Waals surface area contributed by atoms with Crippen molar-refractivity contribution in [3.8, 4) is 16.2 Å². The van der Waals surface area contributed by atoms with Crippen molar-refractivity contribution in [2.45, 2.75) is 18.1 Å². The predicted octanol–water partition coefficient (Wildman–Crippen LogP) is 3.92. The number of ether oxygens (including phenoxy) is 1. The number of likely N-dealkylation sites (N-methyl/N-ethyl adjacent to an activating group) is 1. The van der Waals surface area contributed by atoms with E-state index in [-0.39, 0.29) is 18.0 Å². The second-order valence-corrected chi connectivity index (χ2v) is 8.05. The molecule has 2 aliphatic rings. The Labute approximate surface area is 167 Å². The molecule has 0 aliphatic carbocycles. The van der Waals surface area contributed by atoms with Gasteiger partial charge in [0.1, 0.15) is 11.9 Å². The van der Waals surface area contributed by atoms with Crippen LogP contribution in [0.3, 0.4) is 0 Å². The lowest BCUT2D eigenvalue weighted by atomic mass is 9.79. The summed E-state index contributed by atoms with van der Waals surface area (Å²) in [5.41, 5.74) is 7.86. The summed E-state index contributed by atoms with van der Waals surface area (Å²) in [5, 5.41) is 2.04. The fraction of sp³-hybridized carbons (Fsp3) is 0.182. The van der Waals surface area contributed by atoms with Gasteiger partial charge in [-0.15, -0.1) is 11.3 Å². The van der Waals surface area contributed by atoms with Crippen molar-refractivity contribution in [3.05, 3.63) is 77.2 Å². The molecule has 3 aromatic rings. The second kappa shape index (κ2) is 6.21. The molecule has 3 heterocycles. The minimum atomic E-state index is -1.06. The van der Waals surface area contributed by atoms with E-state index in [1.165, 1.54) is 4.90 Å². The summed E-state index contributed by atoms with van der Waals surface area (Å²) in [7, 11) is 1.67. The van der Waals surface area contributed by atoms with Crippen LogP contribution in [0.4, 0.5) is 0 Å². The highest BCUT2D eigenvalue weighted by Crippen LogP contribution is 2.50. The van der Waals surface area contributed by atoms with Crippen molar-refractivity contribution in [1.82, 2.24) is 4.90 Å². The van der Waals surface area contributed by atoms with Gasteiger partial charge in [-0.05, 0) is 40.8 Å². The number of carbonyl (C=O) groups excluding carboxylic acids is 1. The highest BCUT2D eigenvalue weighted by molar-refractivity contribution is 7.13. The Bertz CT molecular complexity index is 1080. The zero-order valence-electron chi connectivity index (χ0n) is 15.3. The molecule has 2 unspecified atom stereocenters. The van der Waals surface area contributed by atoms with Gasteiger partial charge in [-0.25, -0.2) is 4.99 Å². The number of carbonyl (C=O) groups is 1. The van der Waals surface area contributed by atoms with Crippen LogP contribution in [-0.4, -0.2) is 23.8 Å². The van der Waals surface area contributed by atoms with Crippen molar-refractivity contribution in [2.75, 3.05) is 7.05 Å². The summed E-state index contributed by atoms with van der Waals surface area (Å²) >= 11 is 1.66. The molecule has 0 fully saturated rings. The fourth-order valence-corrected chi connectivity index (χ4v) is 4.71. The van der Waals surface area contributed by atoms with E-state index < -0.39 is 5.54 Å². The molecule has 2 atom stereocenters. The van der Waals surface area contributed by atoms with E-state index >= 15 is 0 Å². The van der Waals surface area contributed by atoms with Crippen molar-refractivity contribution in [2.24, 2.45) is 10.7 Å². The molecule has 1 spiro atoms. The molecule has 1 amide bonds. The van der Waals surface area contributed by atoms with Gasteiger partial charge in [-0.2, -0.15) is 0 Å². The van der Waals surface area contributed by atoms with Crippen LogP contribution in [0.25, 0.3) is 10.4 Å². The lowest BCUT2D eigenvalue weighted by Crippen LogP contribution is -2.43. The third kappa shape index (κ3) is 2.45. The third-order valence-electron chi connectivity index (χ3n) is 5.46. The minimum Gasteiger partial charge on any atom is -0.485 e. The Hall–Kier alpha value is -3.12. The van der Waals surface area contributed by atoms with Crippen LogP contribution in [0.5, 0.6) is 5.75 Å². The average molecular weight is 389 g/mol. The highest BCUT2D eigenvalue weighted by atomic mass is 32.1. The van der Waals surface area contributed by atoms with Crippen LogP contribution in [-0.2, 0) is 10.3 Å². The molecular weight excluding hydrogens is 370 g/mol. The van der Waals surface area contributed by atoms with Crippen LogP contribution in [0.15, 0.2) is 71.0 Å². The smallest absolute Gasteiger partial charge is 0.261 e. The summed E-state index contributed by atoms with van der Waals surface area (Å²) in [5.74, 6) is 0.811. The van der Waals surface area contributed by atoms with Gasteiger partial charge < -0.3 is 10.5 Å². The molecule has 0 radical (unpaired) electrons. The quantitative estimate of drug-likeness (QED) is 0.722. The van der Waals surface area contributed by atoms with Gasteiger partial charge in [0.15, 0.2) is 11.5 Å². The van der Waals surface area contributed by atoms with E-state index in [2.05, 4.69) is 11.1 Å². The van der Waals surface area contributed by atoms with Gasteiger partial charge >= 0.3 is 0 Å². The Morgan fingerprint density at radius 1 is 1.18 bits per heavy atom. The lowest BCUT2D eigenvalue weighted by molar-refractivity contribution is -0.132. The molecule has 5 rings (SSSR count). The topological polar surface area (TPSA) is 67.9 Å². The van der Waals surface area contributed by atoms with Gasteiger partial charge in [-0.3, -0.25) is 9.69 Å². The van der Waals surface area contributed by atoms with Crippen LogP contribution < -0.4 is 10.5 Å². The van der Waals surface area contributed by atoms with Gasteiger partial charge in [0.2, 0.25) is 0 Å². The van der Waals surface area contributed by atoms with Gasteiger partial charge in [0.05, 0.1) is 0 Å². The number of aliphatic imine (C=N–C) groups is 1. The van der Waals surface area contributed by atoms with E-state index in [9.17, 15) is 4.79 Å². The maximum Gasteiger partial charge on any atom is 0.261 e. The first-order valence-corrected chi connectivity index (χ1v) is 10.00. The zero-order chi connectivity index (χ0) is 19.3. The summed E-state index contributed by atoms with van der Waals surface area (Å²) < 4.78 is 6.32. The van der Waals surface area contributed by atoms with E-state index in [0.717, 1.165) is 21.6 Å². The van der Waals surface area contributed by atoms with E-state index in [1.54, 1.807) is 18.4 Å². The maximum atomic E-state index is 13.3. The van der Waals surface area contributed by atoms with Gasteiger partial charge in [0, 0.05) is 23.9 Å². The van der Waals surface area contributed by atoms with E-state index in [0.29, 0.717) is 12.2 Å². The largest absolute Gasteiger partial charge is 0.485 e. The van der Waals surface area contributed by atoms with Crippen molar-refractivity contribution in [3.63, 3.8) is 0 Å². The summed E-state index contributed by atoms with van der Waals surface area (Å²) in [6.45, 7) is 0. The summed E-state index contributed by atoms with van der Waals surface area (Å²) in [6.07, 6.45) is 0.148. The highest BCUT2D eigenvalue weighted by Gasteiger charge is 2.53. The number of thiophene rings is 1. The molecule has 0 bridgehead atoms. The zero-order valence-corrected chi connectivity index (χ0v) is 16.1. The van der Waals surface area contributed by atoms with Crippen LogP contribution in [0, 0.1) is 0 Å². The molecule has 6 heteroatoms. The number of nitrogens with zero attached hydrogens (tertiary/aromatic N) is 2. The number of guanidine groups is 1.